The van der Waals surface area contributed by atoms with Gasteiger partial charge >= 0.3 is 0 Å². The molecule has 2 rings (SSSR count). The topological polar surface area (TPSA) is 38.9 Å². The summed E-state index contributed by atoms with van der Waals surface area (Å²) >= 11 is 3.41. The summed E-state index contributed by atoms with van der Waals surface area (Å²) in [6.07, 6.45) is 0.831. The van der Waals surface area contributed by atoms with Crippen LogP contribution in [0.15, 0.2) is 22.2 Å². The third-order valence-electron chi connectivity index (χ3n) is 2.69. The summed E-state index contributed by atoms with van der Waals surface area (Å²) in [7, 11) is 0. The second-order valence-electron chi connectivity index (χ2n) is 5.24. The van der Waals surface area contributed by atoms with Crippen LogP contribution in [0, 0.1) is 0 Å². The minimum absolute atomic E-state index is 0.0696. The smallest absolute Gasteiger partial charge is 0.0947 e. The zero-order chi connectivity index (χ0) is 12.5. The van der Waals surface area contributed by atoms with Crippen molar-refractivity contribution in [3.05, 3.63) is 38.5 Å². The van der Waals surface area contributed by atoms with Gasteiger partial charge in [0.15, 0.2) is 0 Å². The molecular formula is C13H18N2S2. The van der Waals surface area contributed by atoms with E-state index in [-0.39, 0.29) is 11.5 Å². The fraction of sp³-hybridized carbons (Fsp3) is 0.462. The van der Waals surface area contributed by atoms with Crippen LogP contribution in [0.25, 0.3) is 0 Å². The Morgan fingerprint density at radius 2 is 2.12 bits per heavy atom. The molecule has 0 aliphatic rings. The lowest BCUT2D eigenvalue weighted by atomic mass is 9.93. The van der Waals surface area contributed by atoms with Crippen molar-refractivity contribution in [2.45, 2.75) is 38.6 Å². The Bertz CT molecular complexity index is 466. The van der Waals surface area contributed by atoms with E-state index in [9.17, 15) is 0 Å². The second kappa shape index (κ2) is 4.88. The maximum Gasteiger partial charge on any atom is 0.0947 e. The first-order chi connectivity index (χ1) is 7.97. The van der Waals surface area contributed by atoms with Gasteiger partial charge in [-0.3, -0.25) is 0 Å². The largest absolute Gasteiger partial charge is 0.324 e. The van der Waals surface area contributed by atoms with Crippen LogP contribution in [0.1, 0.15) is 43.1 Å². The van der Waals surface area contributed by atoms with E-state index < -0.39 is 0 Å². The third-order valence-corrected chi connectivity index (χ3v) is 4.26. The minimum atomic E-state index is 0.0696. The molecule has 0 saturated heterocycles. The van der Waals surface area contributed by atoms with Gasteiger partial charge in [-0.2, -0.15) is 11.3 Å². The molecule has 1 atom stereocenters. The van der Waals surface area contributed by atoms with E-state index in [1.165, 1.54) is 5.56 Å². The molecule has 4 heteroatoms. The zero-order valence-electron chi connectivity index (χ0n) is 10.4. The van der Waals surface area contributed by atoms with Gasteiger partial charge in [0, 0.05) is 23.3 Å². The molecule has 0 aromatic carbocycles. The van der Waals surface area contributed by atoms with Crippen molar-refractivity contribution < 1.29 is 0 Å². The minimum Gasteiger partial charge on any atom is -0.324 e. The Morgan fingerprint density at radius 3 is 2.65 bits per heavy atom. The van der Waals surface area contributed by atoms with Crippen LogP contribution in [0.4, 0.5) is 0 Å². The first-order valence-corrected chi connectivity index (χ1v) is 7.51. The average molecular weight is 266 g/mol. The Morgan fingerprint density at radius 1 is 1.35 bits per heavy atom. The first kappa shape index (κ1) is 12.7. The highest BCUT2D eigenvalue weighted by molar-refractivity contribution is 7.09. The van der Waals surface area contributed by atoms with Gasteiger partial charge in [-0.25, -0.2) is 4.98 Å². The Balaban J connectivity index is 2.07. The van der Waals surface area contributed by atoms with Crippen LogP contribution in [0.5, 0.6) is 0 Å². The Hall–Kier alpha value is -0.710. The molecule has 0 saturated carbocycles. The lowest BCUT2D eigenvalue weighted by molar-refractivity contribution is 0.569. The summed E-state index contributed by atoms with van der Waals surface area (Å²) in [5.74, 6) is 0. The molecule has 0 radical (unpaired) electrons. The van der Waals surface area contributed by atoms with E-state index in [1.54, 1.807) is 22.7 Å². The van der Waals surface area contributed by atoms with Gasteiger partial charge in [0.1, 0.15) is 0 Å². The molecule has 0 aliphatic carbocycles. The van der Waals surface area contributed by atoms with E-state index in [0.717, 1.165) is 17.1 Å². The standard InChI is InChI=1S/C13H18N2S2/c1-13(2,3)11-8-17-12(15-11)6-10(14)9-4-5-16-7-9/h4-5,7-8,10H,6,14H2,1-3H3. The highest BCUT2D eigenvalue weighted by Gasteiger charge is 2.18. The number of thiazole rings is 1. The summed E-state index contributed by atoms with van der Waals surface area (Å²) in [6, 6.07) is 2.16. The van der Waals surface area contributed by atoms with E-state index in [1.807, 2.05) is 0 Å². The number of rotatable bonds is 3. The van der Waals surface area contributed by atoms with Gasteiger partial charge in [0.05, 0.1) is 10.7 Å². The number of nitrogens with zero attached hydrogens (tertiary/aromatic N) is 1. The molecule has 2 heterocycles. The predicted octanol–water partition coefficient (Wildman–Crippen LogP) is 3.74. The molecule has 0 aliphatic heterocycles. The van der Waals surface area contributed by atoms with E-state index in [0.29, 0.717) is 0 Å². The lowest BCUT2D eigenvalue weighted by Gasteiger charge is -2.14. The van der Waals surface area contributed by atoms with E-state index >= 15 is 0 Å². The highest BCUT2D eigenvalue weighted by atomic mass is 32.1. The quantitative estimate of drug-likeness (QED) is 0.919. The monoisotopic (exact) mass is 266 g/mol. The summed E-state index contributed by atoms with van der Waals surface area (Å²) in [5, 5.41) is 7.46. The molecule has 1 unspecified atom stereocenters. The van der Waals surface area contributed by atoms with Gasteiger partial charge in [0.2, 0.25) is 0 Å². The number of hydrogen-bond donors (Lipinski definition) is 1. The van der Waals surface area contributed by atoms with E-state index in [4.69, 9.17) is 5.73 Å². The summed E-state index contributed by atoms with van der Waals surface area (Å²) < 4.78 is 0. The van der Waals surface area contributed by atoms with Gasteiger partial charge in [-0.1, -0.05) is 20.8 Å². The fourth-order valence-electron chi connectivity index (χ4n) is 1.54. The lowest BCUT2D eigenvalue weighted by Crippen LogP contribution is -2.14. The van der Waals surface area contributed by atoms with Gasteiger partial charge in [-0.05, 0) is 22.4 Å². The van der Waals surface area contributed by atoms with Crippen molar-refractivity contribution in [3.63, 3.8) is 0 Å². The first-order valence-electron chi connectivity index (χ1n) is 5.69. The van der Waals surface area contributed by atoms with Crippen molar-refractivity contribution in [2.75, 3.05) is 0 Å². The molecule has 17 heavy (non-hydrogen) atoms. The average Bonchev–Trinajstić information content (AvgIpc) is 2.85. The summed E-state index contributed by atoms with van der Waals surface area (Å²) in [4.78, 5) is 4.67. The normalized spacial score (nSPS) is 13.9. The maximum absolute atomic E-state index is 6.16. The predicted molar refractivity (Wildman–Crippen MR) is 75.8 cm³/mol. The van der Waals surface area contributed by atoms with Gasteiger partial charge in [0.25, 0.3) is 0 Å². The molecule has 92 valence electrons. The SMILES string of the molecule is CC(C)(C)c1csc(CC(N)c2ccsc2)n1. The molecule has 0 fully saturated rings. The van der Waals surface area contributed by atoms with Crippen molar-refractivity contribution >= 4 is 22.7 Å². The van der Waals surface area contributed by atoms with Crippen molar-refractivity contribution in [1.29, 1.82) is 0 Å². The Kier molecular flexibility index (Phi) is 3.66. The molecule has 2 N–H and O–H groups in total. The molecule has 2 aromatic heterocycles. The van der Waals surface area contributed by atoms with E-state index in [2.05, 4.69) is 48.0 Å². The molecule has 2 aromatic rings. The summed E-state index contributed by atoms with van der Waals surface area (Å²) in [5.41, 5.74) is 8.66. The second-order valence-corrected chi connectivity index (χ2v) is 6.97. The highest BCUT2D eigenvalue weighted by Crippen LogP contribution is 2.26. The number of thiophene rings is 1. The molecule has 0 bridgehead atoms. The van der Waals surface area contributed by atoms with Crippen LogP contribution in [-0.4, -0.2) is 4.98 Å². The van der Waals surface area contributed by atoms with Crippen LogP contribution in [0.2, 0.25) is 0 Å². The van der Waals surface area contributed by atoms with Crippen molar-refractivity contribution in [2.24, 2.45) is 5.73 Å². The molecular weight excluding hydrogens is 248 g/mol. The molecule has 2 nitrogen and oxygen atoms in total. The number of hydrogen-bond acceptors (Lipinski definition) is 4. The van der Waals surface area contributed by atoms with Gasteiger partial charge in [-0.15, -0.1) is 11.3 Å². The van der Waals surface area contributed by atoms with Crippen molar-refractivity contribution in [1.82, 2.24) is 4.98 Å². The maximum atomic E-state index is 6.16. The number of aromatic nitrogens is 1. The van der Waals surface area contributed by atoms with Gasteiger partial charge < -0.3 is 5.73 Å². The molecule has 0 amide bonds. The Labute approximate surface area is 111 Å². The molecule has 0 spiro atoms. The van der Waals surface area contributed by atoms with Crippen LogP contribution in [-0.2, 0) is 11.8 Å². The zero-order valence-corrected chi connectivity index (χ0v) is 12.1. The van der Waals surface area contributed by atoms with Crippen LogP contribution >= 0.6 is 22.7 Å². The third kappa shape index (κ3) is 3.15. The number of nitrogens with two attached hydrogens (primary N) is 1. The van der Waals surface area contributed by atoms with Crippen LogP contribution in [0.3, 0.4) is 0 Å². The van der Waals surface area contributed by atoms with Crippen molar-refractivity contribution in [3.8, 4) is 0 Å². The van der Waals surface area contributed by atoms with Crippen LogP contribution < -0.4 is 5.73 Å². The fourth-order valence-corrected chi connectivity index (χ4v) is 3.35. The summed E-state index contributed by atoms with van der Waals surface area (Å²) in [6.45, 7) is 6.56.